The molecule has 1 aliphatic rings. The third-order valence-electron chi connectivity index (χ3n) is 4.87. The molecule has 6 nitrogen and oxygen atoms in total. The number of nitrogens with zero attached hydrogens (tertiary/aromatic N) is 5. The smallest absolute Gasteiger partial charge is 0.254 e. The molecule has 2 aromatic heterocycles. The van der Waals surface area contributed by atoms with Crippen molar-refractivity contribution in [2.24, 2.45) is 0 Å². The molecular weight excluding hydrogens is 378 g/mol. The largest absolute Gasteiger partial charge is 0.345 e. The van der Waals surface area contributed by atoms with Crippen molar-refractivity contribution >= 4 is 55.4 Å². The maximum atomic E-state index is 12.8. The molecule has 0 N–H and O–H groups in total. The first-order valence-electron chi connectivity index (χ1n) is 8.81. The van der Waals surface area contributed by atoms with Crippen LogP contribution in [-0.2, 0) is 0 Å². The number of anilines is 1. The van der Waals surface area contributed by atoms with Crippen LogP contribution in [0.4, 0.5) is 5.13 Å². The van der Waals surface area contributed by atoms with Gasteiger partial charge >= 0.3 is 0 Å². The Kier molecular flexibility index (Phi) is 4.02. The molecule has 4 aromatic rings. The second-order valence-corrected chi connectivity index (χ2v) is 8.25. The van der Waals surface area contributed by atoms with Gasteiger partial charge in [-0.1, -0.05) is 17.4 Å². The van der Waals surface area contributed by atoms with Crippen LogP contribution in [0.3, 0.4) is 0 Å². The van der Waals surface area contributed by atoms with Gasteiger partial charge in [-0.15, -0.1) is 0 Å². The number of hydrogen-bond acceptors (Lipinski definition) is 7. The Morgan fingerprint density at radius 3 is 2.59 bits per heavy atom. The van der Waals surface area contributed by atoms with Gasteiger partial charge in [0.25, 0.3) is 5.91 Å². The third-order valence-corrected chi connectivity index (χ3v) is 6.51. The maximum absolute atomic E-state index is 12.8. The van der Waals surface area contributed by atoms with Crippen molar-refractivity contribution in [3.8, 4) is 0 Å². The van der Waals surface area contributed by atoms with Crippen LogP contribution in [0.1, 0.15) is 15.9 Å². The van der Waals surface area contributed by atoms with Gasteiger partial charge in [0.15, 0.2) is 5.13 Å². The standard InChI is InChI=1S/C19H17N5OS2/c1-12-2-4-15-17(10-12)26-19(20-15)24-8-6-23(7-9-24)18(25)13-3-5-14-16(11-13)22-27-21-14/h2-5,10-11H,6-9H2,1H3. The summed E-state index contributed by atoms with van der Waals surface area (Å²) in [5.41, 5.74) is 4.60. The van der Waals surface area contributed by atoms with Crippen LogP contribution in [0.2, 0.25) is 0 Å². The number of benzene rings is 2. The van der Waals surface area contributed by atoms with E-state index in [2.05, 4.69) is 38.8 Å². The van der Waals surface area contributed by atoms with Gasteiger partial charge in [-0.25, -0.2) is 4.98 Å². The molecule has 136 valence electrons. The highest BCUT2D eigenvalue weighted by Crippen LogP contribution is 2.30. The topological polar surface area (TPSA) is 62.2 Å². The van der Waals surface area contributed by atoms with E-state index in [-0.39, 0.29) is 5.91 Å². The maximum Gasteiger partial charge on any atom is 0.254 e. The van der Waals surface area contributed by atoms with Crippen LogP contribution >= 0.6 is 23.1 Å². The summed E-state index contributed by atoms with van der Waals surface area (Å²) in [6.07, 6.45) is 0. The second kappa shape index (κ2) is 6.54. The Hall–Kier alpha value is -2.58. The lowest BCUT2D eigenvalue weighted by atomic mass is 10.1. The van der Waals surface area contributed by atoms with Crippen molar-refractivity contribution in [1.82, 2.24) is 18.6 Å². The fourth-order valence-corrected chi connectivity index (χ4v) is 4.99. The number of hydrogen-bond donors (Lipinski definition) is 0. The monoisotopic (exact) mass is 395 g/mol. The molecule has 1 aliphatic heterocycles. The van der Waals surface area contributed by atoms with Crippen LogP contribution in [0.25, 0.3) is 21.3 Å². The number of thiazole rings is 1. The normalized spacial score (nSPS) is 15.0. The lowest BCUT2D eigenvalue weighted by Gasteiger charge is -2.34. The molecule has 1 amide bonds. The lowest BCUT2D eigenvalue weighted by Crippen LogP contribution is -2.48. The Morgan fingerprint density at radius 2 is 1.74 bits per heavy atom. The molecule has 2 aromatic carbocycles. The van der Waals surface area contributed by atoms with Gasteiger partial charge in [0.2, 0.25) is 0 Å². The minimum atomic E-state index is 0.0597. The molecule has 0 atom stereocenters. The van der Waals surface area contributed by atoms with Crippen molar-refractivity contribution in [1.29, 1.82) is 0 Å². The molecule has 0 radical (unpaired) electrons. The number of fused-ring (bicyclic) bond motifs is 2. The van der Waals surface area contributed by atoms with Crippen molar-refractivity contribution in [3.63, 3.8) is 0 Å². The van der Waals surface area contributed by atoms with E-state index in [1.54, 1.807) is 11.3 Å². The van der Waals surface area contributed by atoms with Crippen molar-refractivity contribution < 1.29 is 4.79 Å². The minimum absolute atomic E-state index is 0.0597. The number of aryl methyl sites for hydroxylation is 1. The van der Waals surface area contributed by atoms with Crippen LogP contribution in [0, 0.1) is 6.92 Å². The molecule has 8 heteroatoms. The Bertz CT molecular complexity index is 1140. The molecule has 0 unspecified atom stereocenters. The van der Waals surface area contributed by atoms with Gasteiger partial charge in [-0.05, 0) is 42.8 Å². The molecule has 0 saturated carbocycles. The fraction of sp³-hybridized carbons (Fsp3) is 0.263. The molecule has 3 heterocycles. The molecule has 1 saturated heterocycles. The highest BCUT2D eigenvalue weighted by Gasteiger charge is 2.24. The summed E-state index contributed by atoms with van der Waals surface area (Å²) < 4.78 is 9.64. The van der Waals surface area contributed by atoms with Gasteiger partial charge in [-0.2, -0.15) is 8.75 Å². The van der Waals surface area contributed by atoms with Crippen LogP contribution < -0.4 is 4.90 Å². The predicted molar refractivity (Wildman–Crippen MR) is 110 cm³/mol. The summed E-state index contributed by atoms with van der Waals surface area (Å²) >= 11 is 2.90. The van der Waals surface area contributed by atoms with Crippen molar-refractivity contribution in [3.05, 3.63) is 47.5 Å². The van der Waals surface area contributed by atoms with Crippen LogP contribution in [0.15, 0.2) is 36.4 Å². The van der Waals surface area contributed by atoms with Crippen LogP contribution in [0.5, 0.6) is 0 Å². The highest BCUT2D eigenvalue weighted by molar-refractivity contribution is 7.22. The van der Waals surface area contributed by atoms with E-state index >= 15 is 0 Å². The zero-order valence-electron chi connectivity index (χ0n) is 14.8. The summed E-state index contributed by atoms with van der Waals surface area (Å²) in [6.45, 7) is 5.08. The van der Waals surface area contributed by atoms with Gasteiger partial charge < -0.3 is 9.80 Å². The molecule has 0 bridgehead atoms. The predicted octanol–water partition coefficient (Wildman–Crippen LogP) is 3.57. The molecule has 5 rings (SSSR count). The van der Waals surface area contributed by atoms with Gasteiger partial charge in [0.05, 0.1) is 21.9 Å². The van der Waals surface area contributed by atoms with E-state index in [4.69, 9.17) is 4.98 Å². The quantitative estimate of drug-likeness (QED) is 0.519. The number of rotatable bonds is 2. The van der Waals surface area contributed by atoms with E-state index in [1.807, 2.05) is 23.1 Å². The first kappa shape index (κ1) is 16.6. The fourth-order valence-electron chi connectivity index (χ4n) is 3.35. The van der Waals surface area contributed by atoms with Crippen LogP contribution in [-0.4, -0.2) is 50.7 Å². The average Bonchev–Trinajstić information content (AvgIpc) is 3.33. The van der Waals surface area contributed by atoms with E-state index in [9.17, 15) is 4.79 Å². The van der Waals surface area contributed by atoms with Crippen molar-refractivity contribution in [2.45, 2.75) is 6.92 Å². The Balaban J connectivity index is 1.30. The minimum Gasteiger partial charge on any atom is -0.345 e. The zero-order valence-corrected chi connectivity index (χ0v) is 16.4. The number of aromatic nitrogens is 3. The molecular formula is C19H17N5OS2. The second-order valence-electron chi connectivity index (χ2n) is 6.71. The van der Waals surface area contributed by atoms with E-state index in [1.165, 1.54) is 22.0 Å². The summed E-state index contributed by atoms with van der Waals surface area (Å²) in [5.74, 6) is 0.0597. The highest BCUT2D eigenvalue weighted by atomic mass is 32.1. The van der Waals surface area contributed by atoms with Crippen molar-refractivity contribution in [2.75, 3.05) is 31.1 Å². The molecule has 1 fully saturated rings. The van der Waals surface area contributed by atoms with E-state index < -0.39 is 0 Å². The number of carbonyl (C=O) groups excluding carboxylic acids is 1. The zero-order chi connectivity index (χ0) is 18.4. The van der Waals surface area contributed by atoms with Gasteiger partial charge in [0, 0.05) is 31.7 Å². The Labute approximate surface area is 164 Å². The first-order valence-corrected chi connectivity index (χ1v) is 10.4. The summed E-state index contributed by atoms with van der Waals surface area (Å²) in [5, 5.41) is 1.04. The first-order chi connectivity index (χ1) is 13.2. The summed E-state index contributed by atoms with van der Waals surface area (Å²) in [6, 6.07) is 11.9. The SMILES string of the molecule is Cc1ccc2nc(N3CCN(C(=O)c4ccc5nsnc5c4)CC3)sc2c1. The molecule has 0 spiro atoms. The average molecular weight is 396 g/mol. The number of carbonyl (C=O) groups is 1. The summed E-state index contributed by atoms with van der Waals surface area (Å²) in [7, 11) is 0. The van der Waals surface area contributed by atoms with E-state index in [0.717, 1.165) is 34.8 Å². The number of amides is 1. The summed E-state index contributed by atoms with van der Waals surface area (Å²) in [4.78, 5) is 21.8. The molecule has 0 aliphatic carbocycles. The lowest BCUT2D eigenvalue weighted by molar-refractivity contribution is 0.0747. The third kappa shape index (κ3) is 3.04. The van der Waals surface area contributed by atoms with Gasteiger partial charge in [0.1, 0.15) is 11.0 Å². The molecule has 27 heavy (non-hydrogen) atoms. The van der Waals surface area contributed by atoms with Gasteiger partial charge in [-0.3, -0.25) is 4.79 Å². The number of piperazine rings is 1. The Morgan fingerprint density at radius 1 is 0.963 bits per heavy atom. The van der Waals surface area contributed by atoms with E-state index in [0.29, 0.717) is 18.7 Å².